The molecule has 0 aliphatic carbocycles. The summed E-state index contributed by atoms with van der Waals surface area (Å²) in [6.07, 6.45) is 4.43. The topological polar surface area (TPSA) is 122 Å². The lowest BCUT2D eigenvalue weighted by Gasteiger charge is -2.29. The molecule has 162 valence electrons. The highest BCUT2D eigenvalue weighted by atomic mass is 35.5. The third kappa shape index (κ3) is 4.38. The van der Waals surface area contributed by atoms with E-state index in [0.717, 1.165) is 17.5 Å². The zero-order chi connectivity index (χ0) is 22.0. The molecular formula is C21H23ClN6O3. The Labute approximate surface area is 184 Å². The van der Waals surface area contributed by atoms with E-state index in [1.165, 1.54) is 6.20 Å². The number of hydrogen-bond donors (Lipinski definition) is 2. The van der Waals surface area contributed by atoms with Gasteiger partial charge >= 0.3 is 0 Å². The smallest absolute Gasteiger partial charge is 0.255 e. The molecule has 10 heteroatoms. The summed E-state index contributed by atoms with van der Waals surface area (Å²) in [4.78, 5) is 48.9. The Morgan fingerprint density at radius 3 is 2.84 bits per heavy atom. The molecule has 3 N–H and O–H groups in total. The van der Waals surface area contributed by atoms with Crippen LogP contribution in [0.4, 0.5) is 5.82 Å². The van der Waals surface area contributed by atoms with Crippen LogP contribution < -0.4 is 16.0 Å². The summed E-state index contributed by atoms with van der Waals surface area (Å²) in [5.41, 5.74) is 8.13. The fraction of sp³-hybridized carbons (Fsp3) is 0.381. The van der Waals surface area contributed by atoms with Gasteiger partial charge in [0.2, 0.25) is 11.8 Å². The van der Waals surface area contributed by atoms with Gasteiger partial charge in [0.15, 0.2) is 0 Å². The largest absolute Gasteiger partial charge is 0.351 e. The number of carbonyl (C=O) groups excluding carboxylic acids is 3. The first-order chi connectivity index (χ1) is 15.0. The second-order valence-electron chi connectivity index (χ2n) is 7.61. The van der Waals surface area contributed by atoms with E-state index in [2.05, 4.69) is 15.3 Å². The maximum atomic E-state index is 13.0. The number of imide groups is 1. The number of hydrogen-bond acceptors (Lipinski definition) is 7. The Morgan fingerprint density at radius 1 is 1.26 bits per heavy atom. The van der Waals surface area contributed by atoms with Crippen molar-refractivity contribution in [2.45, 2.75) is 38.4 Å². The van der Waals surface area contributed by atoms with Crippen LogP contribution in [-0.4, -0.2) is 51.7 Å². The maximum Gasteiger partial charge on any atom is 0.255 e. The number of amides is 3. The molecule has 1 aromatic heterocycles. The number of anilines is 1. The molecule has 3 heterocycles. The van der Waals surface area contributed by atoms with E-state index in [-0.39, 0.29) is 18.2 Å². The lowest BCUT2D eigenvalue weighted by atomic mass is 10.0. The van der Waals surface area contributed by atoms with Gasteiger partial charge in [-0.15, -0.1) is 0 Å². The van der Waals surface area contributed by atoms with Gasteiger partial charge in [-0.1, -0.05) is 23.7 Å². The standard InChI is InChI=1S/C21H23ClN6O3/c22-17-9-24-10-18(25-17)27(8-2-7-23)11-13-3-1-4-14-15(13)12-28(21(14)31)16-5-6-19(29)26-20(16)30/h1,3-4,9-10,16H,2,5-8,11-12,23H2,(H,26,29,30). The van der Waals surface area contributed by atoms with Crippen LogP contribution in [0.3, 0.4) is 0 Å². The summed E-state index contributed by atoms with van der Waals surface area (Å²) < 4.78 is 0. The number of benzene rings is 1. The third-order valence-corrected chi connectivity index (χ3v) is 5.77. The van der Waals surface area contributed by atoms with Crippen LogP contribution in [0.1, 0.15) is 40.7 Å². The van der Waals surface area contributed by atoms with Crippen LogP contribution in [0.2, 0.25) is 5.15 Å². The molecule has 2 aliphatic rings. The van der Waals surface area contributed by atoms with Crippen molar-refractivity contribution in [2.24, 2.45) is 5.73 Å². The molecule has 3 amide bonds. The highest BCUT2D eigenvalue weighted by Crippen LogP contribution is 2.31. The summed E-state index contributed by atoms with van der Waals surface area (Å²) in [7, 11) is 0. The zero-order valence-corrected chi connectivity index (χ0v) is 17.6. The molecule has 0 spiro atoms. The molecule has 0 radical (unpaired) electrons. The van der Waals surface area contributed by atoms with Crippen LogP contribution in [0.5, 0.6) is 0 Å². The lowest BCUT2D eigenvalue weighted by molar-refractivity contribution is -0.136. The van der Waals surface area contributed by atoms with Crippen LogP contribution in [0.15, 0.2) is 30.6 Å². The van der Waals surface area contributed by atoms with Crippen molar-refractivity contribution in [1.82, 2.24) is 20.2 Å². The van der Waals surface area contributed by atoms with Gasteiger partial charge in [-0.2, -0.15) is 0 Å². The third-order valence-electron chi connectivity index (χ3n) is 5.59. The molecule has 1 fully saturated rings. The Balaban J connectivity index is 1.60. The van der Waals surface area contributed by atoms with Gasteiger partial charge in [-0.3, -0.25) is 24.7 Å². The van der Waals surface area contributed by atoms with E-state index in [1.807, 2.05) is 17.0 Å². The van der Waals surface area contributed by atoms with E-state index in [4.69, 9.17) is 17.3 Å². The Bertz CT molecular complexity index is 1030. The summed E-state index contributed by atoms with van der Waals surface area (Å²) in [5, 5.41) is 2.63. The van der Waals surface area contributed by atoms with Gasteiger partial charge in [0.25, 0.3) is 5.91 Å². The van der Waals surface area contributed by atoms with E-state index >= 15 is 0 Å². The maximum absolute atomic E-state index is 13.0. The molecule has 4 rings (SSSR count). The molecule has 9 nitrogen and oxygen atoms in total. The fourth-order valence-electron chi connectivity index (χ4n) is 4.05. The first-order valence-corrected chi connectivity index (χ1v) is 10.5. The van der Waals surface area contributed by atoms with Gasteiger partial charge in [0, 0.05) is 31.6 Å². The van der Waals surface area contributed by atoms with Crippen LogP contribution in [0, 0.1) is 0 Å². The monoisotopic (exact) mass is 442 g/mol. The molecular weight excluding hydrogens is 420 g/mol. The first-order valence-electron chi connectivity index (χ1n) is 10.2. The molecule has 0 bridgehead atoms. The molecule has 0 saturated carbocycles. The van der Waals surface area contributed by atoms with Crippen molar-refractivity contribution in [3.8, 4) is 0 Å². The van der Waals surface area contributed by atoms with Crippen molar-refractivity contribution in [2.75, 3.05) is 18.0 Å². The molecule has 1 unspecified atom stereocenters. The number of piperidine rings is 1. The van der Waals surface area contributed by atoms with Gasteiger partial charge in [0.1, 0.15) is 17.0 Å². The van der Waals surface area contributed by atoms with Crippen LogP contribution in [0.25, 0.3) is 0 Å². The molecule has 2 aliphatic heterocycles. The molecule has 1 atom stereocenters. The number of nitrogens with zero attached hydrogens (tertiary/aromatic N) is 4. The number of fused-ring (bicyclic) bond motifs is 1. The predicted octanol–water partition coefficient (Wildman–Crippen LogP) is 1.25. The average molecular weight is 443 g/mol. The minimum Gasteiger partial charge on any atom is -0.351 e. The molecule has 1 aromatic carbocycles. The van der Waals surface area contributed by atoms with Crippen LogP contribution in [-0.2, 0) is 22.7 Å². The van der Waals surface area contributed by atoms with Crippen molar-refractivity contribution in [3.05, 3.63) is 52.4 Å². The summed E-state index contributed by atoms with van der Waals surface area (Å²) in [6.45, 7) is 2.00. The minimum atomic E-state index is -0.641. The van der Waals surface area contributed by atoms with E-state index in [9.17, 15) is 14.4 Å². The molecule has 1 saturated heterocycles. The SMILES string of the molecule is NCCCN(Cc1cccc2c1CN(C1CCC(=O)NC1=O)C2=O)c1cncc(Cl)n1. The summed E-state index contributed by atoms with van der Waals surface area (Å²) in [6, 6.07) is 4.94. The number of halogens is 1. The number of aromatic nitrogens is 2. The Kier molecular flexibility index (Phi) is 6.15. The van der Waals surface area contributed by atoms with E-state index in [0.29, 0.717) is 49.1 Å². The number of nitrogens with one attached hydrogen (secondary N) is 1. The fourth-order valence-corrected chi connectivity index (χ4v) is 4.19. The second kappa shape index (κ2) is 8.99. The van der Waals surface area contributed by atoms with E-state index in [1.54, 1.807) is 17.2 Å². The Morgan fingerprint density at radius 2 is 2.10 bits per heavy atom. The molecule has 31 heavy (non-hydrogen) atoms. The minimum absolute atomic E-state index is 0.192. The summed E-state index contributed by atoms with van der Waals surface area (Å²) >= 11 is 6.03. The highest BCUT2D eigenvalue weighted by Gasteiger charge is 2.39. The van der Waals surface area contributed by atoms with Crippen molar-refractivity contribution < 1.29 is 14.4 Å². The average Bonchev–Trinajstić information content (AvgIpc) is 3.08. The van der Waals surface area contributed by atoms with Gasteiger partial charge < -0.3 is 15.5 Å². The molecule has 2 aromatic rings. The van der Waals surface area contributed by atoms with Gasteiger partial charge in [-0.25, -0.2) is 4.98 Å². The quantitative estimate of drug-likeness (QED) is 0.619. The van der Waals surface area contributed by atoms with Crippen molar-refractivity contribution in [1.29, 1.82) is 0 Å². The Hall–Kier alpha value is -3.04. The normalized spacial score (nSPS) is 18.2. The van der Waals surface area contributed by atoms with Crippen molar-refractivity contribution in [3.63, 3.8) is 0 Å². The van der Waals surface area contributed by atoms with Crippen LogP contribution >= 0.6 is 11.6 Å². The van der Waals surface area contributed by atoms with E-state index < -0.39 is 11.9 Å². The second-order valence-corrected chi connectivity index (χ2v) is 7.99. The lowest BCUT2D eigenvalue weighted by Crippen LogP contribution is -2.52. The van der Waals surface area contributed by atoms with Crippen molar-refractivity contribution >= 4 is 35.1 Å². The summed E-state index contributed by atoms with van der Waals surface area (Å²) in [5.74, 6) is -0.283. The van der Waals surface area contributed by atoms with Gasteiger partial charge in [0.05, 0.1) is 12.4 Å². The first kappa shape index (κ1) is 21.2. The highest BCUT2D eigenvalue weighted by molar-refractivity contribution is 6.29. The predicted molar refractivity (Wildman–Crippen MR) is 114 cm³/mol. The zero-order valence-electron chi connectivity index (χ0n) is 16.9. The number of nitrogens with two attached hydrogens (primary N) is 1. The van der Waals surface area contributed by atoms with Gasteiger partial charge in [-0.05, 0) is 36.6 Å². The number of rotatable bonds is 7. The number of carbonyl (C=O) groups is 3.